The zero-order valence-electron chi connectivity index (χ0n) is 9.77. The van der Waals surface area contributed by atoms with Crippen molar-refractivity contribution < 1.29 is 19.4 Å². The highest BCUT2D eigenvalue weighted by Gasteiger charge is 2.15. The Labute approximate surface area is 99.2 Å². The highest BCUT2D eigenvalue weighted by Crippen LogP contribution is 2.12. The Kier molecular flexibility index (Phi) is 4.23. The summed E-state index contributed by atoms with van der Waals surface area (Å²) in [5.74, 6) is -1.45. The summed E-state index contributed by atoms with van der Waals surface area (Å²) < 4.78 is 4.52. The van der Waals surface area contributed by atoms with Crippen molar-refractivity contribution in [1.82, 2.24) is 0 Å². The fourth-order valence-corrected chi connectivity index (χ4v) is 1.58. The molecular formula is C12H15NO4. The molecule has 0 aromatic heterocycles. The van der Waals surface area contributed by atoms with Gasteiger partial charge in [0, 0.05) is 0 Å². The van der Waals surface area contributed by atoms with Crippen molar-refractivity contribution in [2.75, 3.05) is 7.11 Å². The van der Waals surface area contributed by atoms with Crippen LogP contribution in [-0.2, 0) is 16.0 Å². The van der Waals surface area contributed by atoms with Crippen LogP contribution in [0.2, 0.25) is 0 Å². The number of hydrogen-bond donors (Lipinski definition) is 2. The molecule has 0 aliphatic rings. The van der Waals surface area contributed by atoms with Crippen molar-refractivity contribution in [3.05, 3.63) is 34.9 Å². The minimum Gasteiger partial charge on any atom is -0.478 e. The number of rotatable bonds is 4. The van der Waals surface area contributed by atoms with Crippen LogP contribution < -0.4 is 5.73 Å². The largest absolute Gasteiger partial charge is 0.478 e. The third-order valence-corrected chi connectivity index (χ3v) is 2.48. The average Bonchev–Trinajstić information content (AvgIpc) is 2.27. The lowest BCUT2D eigenvalue weighted by molar-refractivity contribution is -0.142. The van der Waals surface area contributed by atoms with Gasteiger partial charge >= 0.3 is 11.9 Å². The van der Waals surface area contributed by atoms with Crippen molar-refractivity contribution in [2.24, 2.45) is 5.73 Å². The number of aryl methyl sites for hydroxylation is 1. The molecule has 3 N–H and O–H groups in total. The predicted molar refractivity (Wildman–Crippen MR) is 61.8 cm³/mol. The molecular weight excluding hydrogens is 222 g/mol. The number of ether oxygens (including phenoxy) is 1. The van der Waals surface area contributed by atoms with E-state index in [1.165, 1.54) is 13.2 Å². The molecule has 0 radical (unpaired) electrons. The van der Waals surface area contributed by atoms with Crippen LogP contribution in [0.5, 0.6) is 0 Å². The predicted octanol–water partition coefficient (Wildman–Crippen LogP) is 0.736. The van der Waals surface area contributed by atoms with Crippen LogP contribution in [0.3, 0.4) is 0 Å². The molecule has 0 saturated heterocycles. The number of nitrogens with two attached hydrogens (primary N) is 1. The molecule has 0 fully saturated rings. The minimum absolute atomic E-state index is 0.250. The molecule has 1 aromatic rings. The zero-order valence-corrected chi connectivity index (χ0v) is 9.77. The number of aromatic carboxylic acids is 1. The number of carboxylic acids is 1. The highest BCUT2D eigenvalue weighted by atomic mass is 16.5. The summed E-state index contributed by atoms with van der Waals surface area (Å²) >= 11 is 0. The molecule has 1 atom stereocenters. The van der Waals surface area contributed by atoms with Crippen LogP contribution in [0.4, 0.5) is 0 Å². The molecule has 0 heterocycles. The molecule has 0 bridgehead atoms. The van der Waals surface area contributed by atoms with E-state index in [4.69, 9.17) is 10.8 Å². The third-order valence-electron chi connectivity index (χ3n) is 2.48. The Morgan fingerprint density at radius 2 is 2.12 bits per heavy atom. The Morgan fingerprint density at radius 3 is 2.59 bits per heavy atom. The lowest BCUT2D eigenvalue weighted by Crippen LogP contribution is -2.33. The second kappa shape index (κ2) is 5.45. The minimum atomic E-state index is -0.966. The van der Waals surface area contributed by atoms with Crippen LogP contribution in [0.15, 0.2) is 18.2 Å². The highest BCUT2D eigenvalue weighted by molar-refractivity contribution is 5.89. The summed E-state index contributed by atoms with van der Waals surface area (Å²) in [6.45, 7) is 1.70. The standard InChI is InChI=1S/C12H15NO4/c1-7-5-8(3-4-9(7)11(14)15)6-10(13)12(16)17-2/h3-5,10H,6,13H2,1-2H3,(H,14,15)/t10-/m1/s1. The Morgan fingerprint density at radius 1 is 1.47 bits per heavy atom. The fraction of sp³-hybridized carbons (Fsp3) is 0.333. The van der Waals surface area contributed by atoms with Gasteiger partial charge < -0.3 is 15.6 Å². The molecule has 17 heavy (non-hydrogen) atoms. The van der Waals surface area contributed by atoms with E-state index in [1.54, 1.807) is 19.1 Å². The molecule has 5 heteroatoms. The quantitative estimate of drug-likeness (QED) is 0.754. The van der Waals surface area contributed by atoms with E-state index in [2.05, 4.69) is 4.74 Å². The Hall–Kier alpha value is -1.88. The number of carbonyl (C=O) groups is 2. The Balaban J connectivity index is 2.84. The maximum Gasteiger partial charge on any atom is 0.335 e. The lowest BCUT2D eigenvalue weighted by atomic mass is 10.0. The van der Waals surface area contributed by atoms with Crippen molar-refractivity contribution in [3.8, 4) is 0 Å². The maximum absolute atomic E-state index is 11.1. The SMILES string of the molecule is COC(=O)[C@H](N)Cc1ccc(C(=O)O)c(C)c1. The monoisotopic (exact) mass is 237 g/mol. The molecule has 0 aliphatic carbocycles. The molecule has 5 nitrogen and oxygen atoms in total. The first-order valence-electron chi connectivity index (χ1n) is 5.12. The van der Waals surface area contributed by atoms with Gasteiger partial charge in [0.05, 0.1) is 12.7 Å². The number of methoxy groups -OCH3 is 1. The first-order valence-corrected chi connectivity index (χ1v) is 5.12. The summed E-state index contributed by atoms with van der Waals surface area (Å²) in [5.41, 5.74) is 7.32. The smallest absolute Gasteiger partial charge is 0.335 e. The van der Waals surface area contributed by atoms with E-state index >= 15 is 0 Å². The van der Waals surface area contributed by atoms with Crippen LogP contribution in [-0.4, -0.2) is 30.2 Å². The summed E-state index contributed by atoms with van der Waals surface area (Å²) in [5, 5.41) is 8.87. The normalized spacial score (nSPS) is 11.9. The summed E-state index contributed by atoms with van der Waals surface area (Å²) in [7, 11) is 1.28. The molecule has 0 unspecified atom stereocenters. The van der Waals surface area contributed by atoms with Gasteiger partial charge in [0.1, 0.15) is 6.04 Å². The molecule has 0 saturated carbocycles. The van der Waals surface area contributed by atoms with E-state index in [9.17, 15) is 9.59 Å². The summed E-state index contributed by atoms with van der Waals surface area (Å²) in [4.78, 5) is 21.9. The number of esters is 1. The molecule has 1 aromatic carbocycles. The number of hydrogen-bond acceptors (Lipinski definition) is 4. The van der Waals surface area contributed by atoms with Gasteiger partial charge in [0.15, 0.2) is 0 Å². The van der Waals surface area contributed by atoms with Gasteiger partial charge in [-0.15, -0.1) is 0 Å². The molecule has 0 spiro atoms. The number of carboxylic acid groups (broad SMARTS) is 1. The number of carbonyl (C=O) groups excluding carboxylic acids is 1. The summed E-state index contributed by atoms with van der Waals surface area (Å²) in [6, 6.07) is 4.15. The topological polar surface area (TPSA) is 89.6 Å². The second-order valence-corrected chi connectivity index (χ2v) is 3.79. The van der Waals surface area contributed by atoms with Crippen molar-refractivity contribution in [1.29, 1.82) is 0 Å². The van der Waals surface area contributed by atoms with Crippen LogP contribution >= 0.6 is 0 Å². The van der Waals surface area contributed by atoms with Crippen LogP contribution in [0.25, 0.3) is 0 Å². The van der Waals surface area contributed by atoms with E-state index in [0.717, 1.165) is 5.56 Å². The van der Waals surface area contributed by atoms with Gasteiger partial charge in [-0.1, -0.05) is 12.1 Å². The van der Waals surface area contributed by atoms with Gasteiger partial charge in [-0.3, -0.25) is 4.79 Å². The fourth-order valence-electron chi connectivity index (χ4n) is 1.58. The molecule has 1 rings (SSSR count). The van der Waals surface area contributed by atoms with Gasteiger partial charge in [-0.25, -0.2) is 4.79 Å². The molecule has 92 valence electrons. The first kappa shape index (κ1) is 13.2. The van der Waals surface area contributed by atoms with Crippen LogP contribution in [0.1, 0.15) is 21.5 Å². The van der Waals surface area contributed by atoms with Crippen molar-refractivity contribution in [2.45, 2.75) is 19.4 Å². The van der Waals surface area contributed by atoms with E-state index in [1.807, 2.05) is 0 Å². The van der Waals surface area contributed by atoms with Gasteiger partial charge in [0.25, 0.3) is 0 Å². The third kappa shape index (κ3) is 3.29. The maximum atomic E-state index is 11.1. The Bertz CT molecular complexity index is 442. The van der Waals surface area contributed by atoms with E-state index in [-0.39, 0.29) is 5.56 Å². The van der Waals surface area contributed by atoms with Crippen molar-refractivity contribution in [3.63, 3.8) is 0 Å². The van der Waals surface area contributed by atoms with Gasteiger partial charge in [-0.05, 0) is 30.5 Å². The van der Waals surface area contributed by atoms with Crippen molar-refractivity contribution >= 4 is 11.9 Å². The van der Waals surface area contributed by atoms with Crippen LogP contribution in [0, 0.1) is 6.92 Å². The second-order valence-electron chi connectivity index (χ2n) is 3.79. The molecule has 0 amide bonds. The van der Waals surface area contributed by atoms with E-state index in [0.29, 0.717) is 12.0 Å². The number of benzene rings is 1. The zero-order chi connectivity index (χ0) is 13.0. The van der Waals surface area contributed by atoms with Gasteiger partial charge in [-0.2, -0.15) is 0 Å². The summed E-state index contributed by atoms with van der Waals surface area (Å²) in [6.07, 6.45) is 0.327. The molecule has 0 aliphatic heterocycles. The average molecular weight is 237 g/mol. The van der Waals surface area contributed by atoms with Gasteiger partial charge in [0.2, 0.25) is 0 Å². The first-order chi connectivity index (χ1) is 7.95. The lowest BCUT2D eigenvalue weighted by Gasteiger charge is -2.10. The van der Waals surface area contributed by atoms with E-state index < -0.39 is 18.0 Å².